The first-order chi connectivity index (χ1) is 15.9. The van der Waals surface area contributed by atoms with Crippen molar-refractivity contribution >= 4 is 20.8 Å². The molecule has 0 aromatic heterocycles. The topological polar surface area (TPSA) is 92.7 Å². The normalized spacial score (nSPS) is 12.0. The van der Waals surface area contributed by atoms with Crippen molar-refractivity contribution < 1.29 is 37.4 Å². The van der Waals surface area contributed by atoms with E-state index in [2.05, 4.69) is 0 Å². The second-order valence-electron chi connectivity index (χ2n) is 7.33. The Morgan fingerprint density at radius 1 is 0.848 bits per heavy atom. The molecule has 8 nitrogen and oxygen atoms in total. The minimum atomic E-state index is -2.61. The predicted molar refractivity (Wildman–Crippen MR) is 130 cm³/mol. The fourth-order valence-corrected chi connectivity index (χ4v) is 6.32. The second kappa shape index (κ2) is 15.7. The van der Waals surface area contributed by atoms with Crippen LogP contribution < -0.4 is 14.2 Å². The summed E-state index contributed by atoms with van der Waals surface area (Å²) < 4.78 is 33.7. The van der Waals surface area contributed by atoms with Crippen LogP contribution in [0.4, 0.5) is 0 Å². The lowest BCUT2D eigenvalue weighted by molar-refractivity contribution is -0.132. The third-order valence-electron chi connectivity index (χ3n) is 5.07. The van der Waals surface area contributed by atoms with E-state index in [-0.39, 0.29) is 0 Å². The average molecular weight is 485 g/mol. The van der Waals surface area contributed by atoms with Crippen LogP contribution in [-0.4, -0.2) is 61.0 Å². The monoisotopic (exact) mass is 484 g/mol. The minimum Gasteiger partial charge on any atom is -0.493 e. The molecule has 1 rings (SSSR count). The number of carbonyl (C=O) groups is 1. The summed E-state index contributed by atoms with van der Waals surface area (Å²) in [4.78, 5) is 11.8. The molecular formula is C24H40O8Si. The lowest BCUT2D eigenvalue weighted by Crippen LogP contribution is -2.45. The minimum absolute atomic E-state index is 0.339. The highest BCUT2D eigenvalue weighted by Crippen LogP contribution is 2.38. The summed E-state index contributed by atoms with van der Waals surface area (Å²) in [7, 11) is 1.98. The first kappa shape index (κ1) is 29.0. The number of rotatable bonds is 18. The van der Waals surface area contributed by atoms with Crippen LogP contribution >= 0.6 is 0 Å². The van der Waals surface area contributed by atoms with Crippen molar-refractivity contribution in [1.29, 1.82) is 0 Å². The van der Waals surface area contributed by atoms with Crippen molar-refractivity contribution in [2.75, 3.05) is 41.2 Å². The van der Waals surface area contributed by atoms with E-state index in [9.17, 15) is 9.90 Å². The van der Waals surface area contributed by atoms with Crippen molar-refractivity contribution in [3.63, 3.8) is 0 Å². The number of carboxylic acids is 1. The van der Waals surface area contributed by atoms with Crippen molar-refractivity contribution in [2.24, 2.45) is 0 Å². The number of aliphatic carboxylic acids is 1. The molecular weight excluding hydrogens is 444 g/mol. The number of benzene rings is 1. The molecule has 1 N–H and O–H groups in total. The molecule has 188 valence electrons. The van der Waals surface area contributed by atoms with Gasteiger partial charge in [0.15, 0.2) is 11.5 Å². The van der Waals surface area contributed by atoms with Gasteiger partial charge in [-0.1, -0.05) is 12.8 Å². The fourth-order valence-electron chi connectivity index (χ4n) is 3.64. The van der Waals surface area contributed by atoms with Gasteiger partial charge in [-0.15, -0.1) is 0 Å². The molecule has 33 heavy (non-hydrogen) atoms. The third kappa shape index (κ3) is 9.36. The molecule has 0 unspecified atom stereocenters. The zero-order chi connectivity index (χ0) is 24.7. The Morgan fingerprint density at radius 3 is 1.79 bits per heavy atom. The van der Waals surface area contributed by atoms with Gasteiger partial charge in [0.05, 0.1) is 21.3 Å². The van der Waals surface area contributed by atoms with Crippen LogP contribution in [0.3, 0.4) is 0 Å². The van der Waals surface area contributed by atoms with Gasteiger partial charge in [-0.25, -0.2) is 4.79 Å². The largest absolute Gasteiger partial charge is 0.500 e. The number of hydrogen-bond acceptors (Lipinski definition) is 7. The van der Waals surface area contributed by atoms with Crippen LogP contribution in [0.1, 0.15) is 58.4 Å². The molecule has 1 aromatic rings. The molecule has 0 bridgehead atoms. The van der Waals surface area contributed by atoms with Crippen molar-refractivity contribution in [1.82, 2.24) is 0 Å². The number of hydrogen-bond donors (Lipinski definition) is 1. The summed E-state index contributed by atoms with van der Waals surface area (Å²) in [6.07, 6.45) is 5.69. The maximum atomic E-state index is 11.8. The van der Waals surface area contributed by atoms with Gasteiger partial charge in [-0.3, -0.25) is 0 Å². The van der Waals surface area contributed by atoms with E-state index in [0.717, 1.165) is 31.7 Å². The number of carboxylic acid groups (broad SMARTS) is 1. The van der Waals surface area contributed by atoms with Gasteiger partial charge in [0.1, 0.15) is 0 Å². The van der Waals surface area contributed by atoms with Crippen LogP contribution in [0.5, 0.6) is 17.2 Å². The zero-order valence-corrected chi connectivity index (χ0v) is 21.9. The lowest BCUT2D eigenvalue weighted by atomic mass is 10.0. The zero-order valence-electron chi connectivity index (χ0n) is 20.9. The molecule has 0 saturated carbocycles. The van der Waals surface area contributed by atoms with Crippen molar-refractivity contribution in [2.45, 2.75) is 58.9 Å². The second-order valence-corrected chi connectivity index (χ2v) is 10.1. The summed E-state index contributed by atoms with van der Waals surface area (Å²) >= 11 is 0. The smallest absolute Gasteiger partial charge is 0.493 e. The molecule has 0 aliphatic carbocycles. The molecule has 0 amide bonds. The molecule has 0 aliphatic rings. The van der Waals surface area contributed by atoms with E-state index in [1.807, 2.05) is 20.8 Å². The molecule has 0 atom stereocenters. The van der Waals surface area contributed by atoms with Gasteiger partial charge in [0.25, 0.3) is 0 Å². The van der Waals surface area contributed by atoms with E-state index in [0.29, 0.717) is 54.6 Å². The Labute approximate surface area is 199 Å². The average Bonchev–Trinajstić information content (AvgIpc) is 2.80. The van der Waals surface area contributed by atoms with Crippen LogP contribution in [0, 0.1) is 0 Å². The van der Waals surface area contributed by atoms with Crippen LogP contribution in [-0.2, 0) is 18.1 Å². The molecule has 0 radical (unpaired) electrons. The predicted octanol–water partition coefficient (Wildman–Crippen LogP) is 5.18. The first-order valence-electron chi connectivity index (χ1n) is 11.6. The fraction of sp³-hybridized carbons (Fsp3) is 0.625. The summed E-state index contributed by atoms with van der Waals surface area (Å²) in [5.41, 5.74) is 1.02. The molecule has 0 fully saturated rings. The quantitative estimate of drug-likeness (QED) is 0.173. The number of ether oxygens (including phenoxy) is 3. The molecule has 0 saturated heterocycles. The van der Waals surface area contributed by atoms with Gasteiger partial charge in [0.2, 0.25) is 5.75 Å². The summed E-state index contributed by atoms with van der Waals surface area (Å²) in [6, 6.07) is 4.25. The number of methoxy groups -OCH3 is 3. The van der Waals surface area contributed by atoms with Crippen molar-refractivity contribution in [3.8, 4) is 17.2 Å². The third-order valence-corrected chi connectivity index (χ3v) is 8.23. The van der Waals surface area contributed by atoms with Gasteiger partial charge in [-0.2, -0.15) is 0 Å². The van der Waals surface area contributed by atoms with Gasteiger partial charge in [-0.05, 0) is 63.8 Å². The van der Waals surface area contributed by atoms with Gasteiger partial charge in [0, 0.05) is 31.4 Å². The Bertz CT molecular complexity index is 708. The summed E-state index contributed by atoms with van der Waals surface area (Å²) in [5, 5.41) is 9.68. The van der Waals surface area contributed by atoms with E-state index in [1.165, 1.54) is 21.3 Å². The first-order valence-corrected chi connectivity index (χ1v) is 13.5. The summed E-state index contributed by atoms with van der Waals surface area (Å²) in [5.74, 6) is 0.510. The highest BCUT2D eigenvalue weighted by molar-refractivity contribution is 6.60. The summed E-state index contributed by atoms with van der Waals surface area (Å²) in [6.45, 7) is 7.56. The molecule has 0 heterocycles. The van der Waals surface area contributed by atoms with Crippen molar-refractivity contribution in [3.05, 3.63) is 23.3 Å². The Kier molecular flexibility index (Phi) is 13.8. The van der Waals surface area contributed by atoms with Gasteiger partial charge >= 0.3 is 14.8 Å². The Hall–Kier alpha value is -2.07. The SMILES string of the molecule is CCO[Si](CCCCCC/C(=C\c1cc(OC)c(OC)c(OC)c1)C(=O)O)(OCC)OCC. The number of unbranched alkanes of at least 4 members (excludes halogenated alkanes) is 3. The Morgan fingerprint density at radius 2 is 1.36 bits per heavy atom. The highest BCUT2D eigenvalue weighted by atomic mass is 28.4. The molecule has 9 heteroatoms. The molecule has 0 aliphatic heterocycles. The maximum absolute atomic E-state index is 11.8. The van der Waals surface area contributed by atoms with Gasteiger partial charge < -0.3 is 32.6 Å². The maximum Gasteiger partial charge on any atom is 0.500 e. The van der Waals surface area contributed by atoms with Crippen LogP contribution in [0.25, 0.3) is 6.08 Å². The van der Waals surface area contributed by atoms with E-state index in [4.69, 9.17) is 27.5 Å². The molecule has 0 spiro atoms. The highest BCUT2D eigenvalue weighted by Gasteiger charge is 2.39. The van der Waals surface area contributed by atoms with Crippen LogP contribution in [0.15, 0.2) is 17.7 Å². The van der Waals surface area contributed by atoms with Crippen LogP contribution in [0.2, 0.25) is 6.04 Å². The molecule has 1 aromatic carbocycles. The standard InChI is InChI=1S/C24H40O8Si/c1-7-30-33(31-8-2,32-9-3)15-13-11-10-12-14-20(24(25)26)16-19-17-21(27-4)23(29-6)22(18-19)28-5/h16-18H,7-15H2,1-6H3,(H,25,26)/b20-16+. The van der Waals surface area contributed by atoms with E-state index >= 15 is 0 Å². The Balaban J connectivity index is 2.73. The van der Waals surface area contributed by atoms with E-state index in [1.54, 1.807) is 18.2 Å². The lowest BCUT2D eigenvalue weighted by Gasteiger charge is -2.28. The van der Waals surface area contributed by atoms with E-state index < -0.39 is 14.8 Å².